The fourth-order valence-corrected chi connectivity index (χ4v) is 9.46. The number of hydrogen-bond acceptors (Lipinski definition) is 9. The molecule has 10 nitrogen and oxygen atoms in total. The molecule has 0 amide bonds. The molecule has 6 rings (SSSR count). The predicted molar refractivity (Wildman–Crippen MR) is 188 cm³/mol. The second kappa shape index (κ2) is 15.4. The Balaban J connectivity index is 1.00. The Bertz CT molecular complexity index is 1480. The van der Waals surface area contributed by atoms with Gasteiger partial charge in [-0.3, -0.25) is 9.59 Å². The van der Waals surface area contributed by atoms with Gasteiger partial charge in [-0.1, -0.05) is 86.3 Å². The minimum Gasteiger partial charge on any atom is -0.460 e. The van der Waals surface area contributed by atoms with Crippen molar-refractivity contribution in [2.45, 2.75) is 134 Å². The largest absolute Gasteiger partial charge is 0.513 e. The Kier molecular flexibility index (Phi) is 11.1. The molecule has 2 saturated heterocycles. The zero-order valence-corrected chi connectivity index (χ0v) is 30.4. The Labute approximate surface area is 301 Å². The molecule has 2 aliphatic carbocycles. The van der Waals surface area contributed by atoms with Crippen LogP contribution in [0.5, 0.6) is 0 Å². The summed E-state index contributed by atoms with van der Waals surface area (Å²) in [6.45, 7) is 7.41. The van der Waals surface area contributed by atoms with Crippen LogP contribution in [-0.2, 0) is 43.7 Å². The average molecular weight is 705 g/mol. The number of carbonyl (C=O) groups excluding carboxylic acids is 4. The highest BCUT2D eigenvalue weighted by atomic mass is 16.8. The maximum Gasteiger partial charge on any atom is 0.513 e. The first-order valence-electron chi connectivity index (χ1n) is 18.9. The average Bonchev–Trinajstić information content (AvgIpc) is 3.56. The molecule has 276 valence electrons. The van der Waals surface area contributed by atoms with Crippen molar-refractivity contribution in [1.82, 2.24) is 0 Å². The molecule has 4 unspecified atom stereocenters. The molecule has 2 aromatic carbocycles. The van der Waals surface area contributed by atoms with Crippen LogP contribution < -0.4 is 0 Å². The Morgan fingerprint density at radius 3 is 1.82 bits per heavy atom. The molecular weight excluding hydrogens is 650 g/mol. The third kappa shape index (κ3) is 7.39. The van der Waals surface area contributed by atoms with Gasteiger partial charge in [0.15, 0.2) is 0 Å². The second-order valence-corrected chi connectivity index (χ2v) is 15.8. The number of rotatable bonds is 16. The third-order valence-corrected chi connectivity index (χ3v) is 11.7. The van der Waals surface area contributed by atoms with Crippen LogP contribution >= 0.6 is 0 Å². The Morgan fingerprint density at radius 1 is 0.725 bits per heavy atom. The number of piperidine rings is 2. The molecule has 2 heterocycles. The molecule has 0 N–H and O–H groups in total. The molecule has 2 saturated carbocycles. The van der Waals surface area contributed by atoms with Gasteiger partial charge in [0.2, 0.25) is 6.79 Å². The summed E-state index contributed by atoms with van der Waals surface area (Å²) in [4.78, 5) is 52.0. The first-order chi connectivity index (χ1) is 24.5. The van der Waals surface area contributed by atoms with E-state index in [2.05, 4.69) is 0 Å². The normalized spacial score (nSPS) is 24.1. The summed E-state index contributed by atoms with van der Waals surface area (Å²) >= 11 is 0. The molecule has 0 aromatic heterocycles. The van der Waals surface area contributed by atoms with Gasteiger partial charge >= 0.3 is 24.1 Å². The van der Waals surface area contributed by atoms with Crippen molar-refractivity contribution in [2.24, 2.45) is 5.41 Å². The standard InChI is InChI=1S/C41H54NO9/c1-39(2,3)50-36(44)23-15-7-5-4-6-14-22-35(43)47-29-48-38(46)51-41(30-18-10-8-11-19-30,31-20-12-9-13-21-31)37(45)49-34-28-33-40(34)25-24-32(40)42(33)26-16-17-27-42/h8-13,18-21,32-34H,4-7,14-17,22-29H2,1-3H3/q+1. The summed E-state index contributed by atoms with van der Waals surface area (Å²) in [5.41, 5.74) is -1.46. The van der Waals surface area contributed by atoms with Gasteiger partial charge in [-0.2, -0.15) is 0 Å². The van der Waals surface area contributed by atoms with Gasteiger partial charge in [-0.15, -0.1) is 0 Å². The molecule has 4 fully saturated rings. The highest BCUT2D eigenvalue weighted by Crippen LogP contribution is 2.73. The minimum atomic E-state index is -1.92. The smallest absolute Gasteiger partial charge is 0.460 e. The van der Waals surface area contributed by atoms with E-state index in [4.69, 9.17) is 23.7 Å². The van der Waals surface area contributed by atoms with Crippen LogP contribution in [0.25, 0.3) is 0 Å². The van der Waals surface area contributed by atoms with E-state index in [1.807, 2.05) is 32.9 Å². The lowest BCUT2D eigenvalue weighted by atomic mass is 9.39. The third-order valence-electron chi connectivity index (χ3n) is 11.7. The fraction of sp³-hybridized carbons (Fsp3) is 0.610. The van der Waals surface area contributed by atoms with Crippen molar-refractivity contribution >= 4 is 24.1 Å². The fourth-order valence-electron chi connectivity index (χ4n) is 9.46. The zero-order valence-electron chi connectivity index (χ0n) is 30.4. The van der Waals surface area contributed by atoms with Crippen molar-refractivity contribution < 1.29 is 47.3 Å². The molecule has 10 heteroatoms. The van der Waals surface area contributed by atoms with E-state index < -0.39 is 36.1 Å². The molecular formula is C41H54NO9+. The van der Waals surface area contributed by atoms with Gasteiger partial charge in [0.1, 0.15) is 29.2 Å². The van der Waals surface area contributed by atoms with E-state index in [-0.39, 0.29) is 23.9 Å². The van der Waals surface area contributed by atoms with Gasteiger partial charge in [0.25, 0.3) is 5.60 Å². The zero-order chi connectivity index (χ0) is 36.1. The van der Waals surface area contributed by atoms with Crippen LogP contribution in [0.15, 0.2) is 60.7 Å². The molecule has 2 spiro atoms. The lowest BCUT2D eigenvalue weighted by molar-refractivity contribution is -1.05. The SMILES string of the molecule is CC(C)(C)OC(=O)CCCCCCCCC(=O)OCOC(=O)OC(C(=O)OC1CC2C13CCC3[N+]21CCCC1)(c1ccccc1)c1ccccc1. The Morgan fingerprint density at radius 2 is 1.29 bits per heavy atom. The summed E-state index contributed by atoms with van der Waals surface area (Å²) in [6.07, 6.45) is 9.90. The van der Waals surface area contributed by atoms with Crippen LogP contribution in [0.3, 0.4) is 0 Å². The number of nitrogens with zero attached hydrogens (tertiary/aromatic N) is 1. The number of hydrogen-bond donors (Lipinski definition) is 0. The lowest BCUT2D eigenvalue weighted by Crippen LogP contribution is -2.94. The quantitative estimate of drug-likeness (QED) is 0.0576. The second-order valence-electron chi connectivity index (χ2n) is 15.8. The molecule has 4 aliphatic rings. The minimum absolute atomic E-state index is 0.0373. The van der Waals surface area contributed by atoms with Crippen LogP contribution in [0.2, 0.25) is 0 Å². The van der Waals surface area contributed by atoms with Crippen LogP contribution in [0, 0.1) is 5.41 Å². The summed E-state index contributed by atoms with van der Waals surface area (Å²) in [5.74, 6) is -1.32. The summed E-state index contributed by atoms with van der Waals surface area (Å²) in [7, 11) is 0. The van der Waals surface area contributed by atoms with Crippen molar-refractivity contribution in [3.63, 3.8) is 0 Å². The topological polar surface area (TPSA) is 114 Å². The highest BCUT2D eigenvalue weighted by molar-refractivity contribution is 5.88. The molecule has 51 heavy (non-hydrogen) atoms. The van der Waals surface area contributed by atoms with Gasteiger partial charge in [0.05, 0.1) is 13.1 Å². The van der Waals surface area contributed by atoms with Crippen LogP contribution in [-0.4, -0.2) is 72.2 Å². The number of fused-ring (bicyclic) bond motifs is 2. The van der Waals surface area contributed by atoms with Crippen molar-refractivity contribution in [1.29, 1.82) is 0 Å². The number of esters is 3. The Hall–Kier alpha value is -3.92. The van der Waals surface area contributed by atoms with Gasteiger partial charge < -0.3 is 28.2 Å². The first-order valence-corrected chi connectivity index (χ1v) is 18.9. The maximum absolute atomic E-state index is 14.5. The predicted octanol–water partition coefficient (Wildman–Crippen LogP) is 7.50. The lowest BCUT2D eigenvalue weighted by Gasteiger charge is -2.80. The van der Waals surface area contributed by atoms with Gasteiger partial charge in [-0.25, -0.2) is 9.59 Å². The van der Waals surface area contributed by atoms with E-state index in [0.29, 0.717) is 36.1 Å². The number of carbonyl (C=O) groups is 4. The summed E-state index contributed by atoms with van der Waals surface area (Å²) in [6, 6.07) is 18.9. The molecule has 0 bridgehead atoms. The van der Waals surface area contributed by atoms with Crippen LogP contribution in [0.1, 0.15) is 115 Å². The van der Waals surface area contributed by atoms with Gasteiger partial charge in [-0.05, 0) is 40.0 Å². The van der Waals surface area contributed by atoms with Crippen molar-refractivity contribution in [3.8, 4) is 0 Å². The molecule has 4 atom stereocenters. The number of ether oxygens (including phenoxy) is 5. The molecule has 0 radical (unpaired) electrons. The van der Waals surface area contributed by atoms with Gasteiger partial charge in [0, 0.05) is 49.7 Å². The van der Waals surface area contributed by atoms with Crippen molar-refractivity contribution in [3.05, 3.63) is 71.8 Å². The van der Waals surface area contributed by atoms with E-state index in [1.54, 1.807) is 48.5 Å². The highest BCUT2D eigenvalue weighted by Gasteiger charge is 2.86. The van der Waals surface area contributed by atoms with E-state index in [9.17, 15) is 19.2 Å². The van der Waals surface area contributed by atoms with Crippen LogP contribution in [0.4, 0.5) is 4.79 Å². The number of benzene rings is 2. The number of quaternary nitrogens is 1. The van der Waals surface area contributed by atoms with E-state index >= 15 is 0 Å². The monoisotopic (exact) mass is 704 g/mol. The summed E-state index contributed by atoms with van der Waals surface area (Å²) in [5, 5.41) is 0. The van der Waals surface area contributed by atoms with E-state index in [1.165, 1.54) is 36.8 Å². The molecule has 2 aromatic rings. The molecule has 2 aliphatic heterocycles. The maximum atomic E-state index is 14.5. The summed E-state index contributed by atoms with van der Waals surface area (Å²) < 4.78 is 29.3. The number of unbranched alkanes of at least 4 members (excludes halogenated alkanes) is 5. The van der Waals surface area contributed by atoms with E-state index in [0.717, 1.165) is 44.9 Å². The van der Waals surface area contributed by atoms with Crippen molar-refractivity contribution in [2.75, 3.05) is 19.9 Å². The first kappa shape index (κ1) is 36.9.